The molecule has 2 aromatic rings. The molecule has 0 bridgehead atoms. The van der Waals surface area contributed by atoms with E-state index in [1.54, 1.807) is 13.2 Å². The van der Waals surface area contributed by atoms with Crippen molar-refractivity contribution in [2.75, 3.05) is 27.9 Å². The third kappa shape index (κ3) is 5.11. The van der Waals surface area contributed by atoms with Gasteiger partial charge in [-0.25, -0.2) is 13.1 Å². The molecule has 136 valence electrons. The maximum atomic E-state index is 12.4. The van der Waals surface area contributed by atoms with Gasteiger partial charge in [-0.05, 0) is 42.7 Å². The predicted molar refractivity (Wildman–Crippen MR) is 96.0 cm³/mol. The number of rotatable bonds is 9. The van der Waals surface area contributed by atoms with Crippen LogP contribution in [-0.4, -0.2) is 36.3 Å². The molecule has 0 spiro atoms. The maximum Gasteiger partial charge on any atom is 0.240 e. The van der Waals surface area contributed by atoms with Gasteiger partial charge in [0, 0.05) is 12.6 Å². The third-order valence-electron chi connectivity index (χ3n) is 3.76. The van der Waals surface area contributed by atoms with Crippen LogP contribution in [0.4, 0.5) is 0 Å². The Hall–Kier alpha value is -2.25. The van der Waals surface area contributed by atoms with Gasteiger partial charge in [-0.2, -0.15) is 0 Å². The summed E-state index contributed by atoms with van der Waals surface area (Å²) in [4.78, 5) is 0.148. The van der Waals surface area contributed by atoms with Crippen LogP contribution in [0, 0.1) is 0 Å². The second-order valence-corrected chi connectivity index (χ2v) is 7.13. The Kier molecular flexibility index (Phi) is 6.66. The molecule has 0 fully saturated rings. The second-order valence-electron chi connectivity index (χ2n) is 5.37. The van der Waals surface area contributed by atoms with Crippen molar-refractivity contribution in [3.8, 4) is 17.2 Å². The highest BCUT2D eigenvalue weighted by Crippen LogP contribution is 2.29. The lowest BCUT2D eigenvalue weighted by Crippen LogP contribution is -2.25. The zero-order valence-electron chi connectivity index (χ0n) is 14.6. The largest absolute Gasteiger partial charge is 0.497 e. The van der Waals surface area contributed by atoms with E-state index < -0.39 is 10.0 Å². The molecule has 0 unspecified atom stereocenters. The van der Waals surface area contributed by atoms with Gasteiger partial charge in [0.15, 0.2) is 11.5 Å². The van der Waals surface area contributed by atoms with Crippen molar-refractivity contribution in [2.24, 2.45) is 0 Å². The molecule has 0 radical (unpaired) electrons. The Morgan fingerprint density at radius 1 is 0.880 bits per heavy atom. The molecular weight excluding hydrogens is 342 g/mol. The van der Waals surface area contributed by atoms with Crippen LogP contribution in [0.3, 0.4) is 0 Å². The molecule has 25 heavy (non-hydrogen) atoms. The van der Waals surface area contributed by atoms with Crippen LogP contribution in [0.5, 0.6) is 17.2 Å². The molecule has 2 rings (SSSR count). The number of hydrogen-bond acceptors (Lipinski definition) is 5. The third-order valence-corrected chi connectivity index (χ3v) is 5.22. The molecule has 0 amide bonds. The zero-order chi connectivity index (χ0) is 18.3. The van der Waals surface area contributed by atoms with Gasteiger partial charge < -0.3 is 14.2 Å². The lowest BCUT2D eigenvalue weighted by atomic mass is 10.1. The Bertz CT molecular complexity index is 788. The first-order valence-corrected chi connectivity index (χ1v) is 9.33. The average Bonchev–Trinajstić information content (AvgIpc) is 2.65. The first-order chi connectivity index (χ1) is 12.0. The van der Waals surface area contributed by atoms with Crippen molar-refractivity contribution >= 4 is 10.0 Å². The van der Waals surface area contributed by atoms with E-state index in [0.717, 1.165) is 17.7 Å². The summed E-state index contributed by atoms with van der Waals surface area (Å²) < 4.78 is 42.7. The summed E-state index contributed by atoms with van der Waals surface area (Å²) in [5.41, 5.74) is 1.13. The van der Waals surface area contributed by atoms with Gasteiger partial charge in [0.1, 0.15) is 5.75 Å². The monoisotopic (exact) mass is 365 g/mol. The van der Waals surface area contributed by atoms with Crippen LogP contribution in [0.25, 0.3) is 0 Å². The summed E-state index contributed by atoms with van der Waals surface area (Å²) in [5.74, 6) is 1.67. The number of hydrogen-bond donors (Lipinski definition) is 1. The van der Waals surface area contributed by atoms with Gasteiger partial charge in [0.2, 0.25) is 10.0 Å². The molecule has 0 saturated carbocycles. The Morgan fingerprint density at radius 3 is 2.16 bits per heavy atom. The maximum absolute atomic E-state index is 12.4. The minimum absolute atomic E-state index is 0.148. The fourth-order valence-electron chi connectivity index (χ4n) is 2.36. The molecule has 0 aliphatic heterocycles. The summed E-state index contributed by atoms with van der Waals surface area (Å²) in [5, 5.41) is 0. The number of aryl methyl sites for hydroxylation is 1. The topological polar surface area (TPSA) is 73.9 Å². The van der Waals surface area contributed by atoms with E-state index in [1.165, 1.54) is 26.4 Å². The van der Waals surface area contributed by atoms with Crippen LogP contribution < -0.4 is 18.9 Å². The molecule has 6 nitrogen and oxygen atoms in total. The molecule has 0 saturated heterocycles. The van der Waals surface area contributed by atoms with Crippen molar-refractivity contribution in [3.05, 3.63) is 48.0 Å². The summed E-state index contributed by atoms with van der Waals surface area (Å²) >= 11 is 0. The smallest absolute Gasteiger partial charge is 0.240 e. The van der Waals surface area contributed by atoms with Gasteiger partial charge in [-0.15, -0.1) is 0 Å². The van der Waals surface area contributed by atoms with Crippen molar-refractivity contribution in [1.29, 1.82) is 0 Å². The van der Waals surface area contributed by atoms with Crippen LogP contribution in [0.1, 0.15) is 12.0 Å². The molecule has 0 atom stereocenters. The van der Waals surface area contributed by atoms with Gasteiger partial charge in [-0.3, -0.25) is 0 Å². The highest BCUT2D eigenvalue weighted by atomic mass is 32.2. The van der Waals surface area contributed by atoms with Gasteiger partial charge in [0.25, 0.3) is 0 Å². The van der Waals surface area contributed by atoms with E-state index in [1.807, 2.05) is 24.3 Å². The van der Waals surface area contributed by atoms with Gasteiger partial charge >= 0.3 is 0 Å². The van der Waals surface area contributed by atoms with E-state index in [4.69, 9.17) is 14.2 Å². The minimum atomic E-state index is -3.59. The molecule has 1 N–H and O–H groups in total. The zero-order valence-corrected chi connectivity index (χ0v) is 15.4. The summed E-state index contributed by atoms with van der Waals surface area (Å²) in [6, 6.07) is 12.2. The number of ether oxygens (including phenoxy) is 3. The highest BCUT2D eigenvalue weighted by Gasteiger charge is 2.16. The molecular formula is C18H23NO5S. The van der Waals surface area contributed by atoms with Crippen molar-refractivity contribution < 1.29 is 22.6 Å². The van der Waals surface area contributed by atoms with E-state index in [2.05, 4.69) is 4.72 Å². The quantitative estimate of drug-likeness (QED) is 0.692. The highest BCUT2D eigenvalue weighted by molar-refractivity contribution is 7.89. The van der Waals surface area contributed by atoms with Gasteiger partial charge in [-0.1, -0.05) is 12.1 Å². The number of methoxy groups -OCH3 is 3. The van der Waals surface area contributed by atoms with E-state index >= 15 is 0 Å². The SMILES string of the molecule is COc1ccc(CCCNS(=O)(=O)c2ccc(OC)c(OC)c2)cc1. The first kappa shape index (κ1) is 19.1. The number of nitrogens with one attached hydrogen (secondary N) is 1. The van der Waals surface area contributed by atoms with Gasteiger partial charge in [0.05, 0.1) is 26.2 Å². The van der Waals surface area contributed by atoms with E-state index in [0.29, 0.717) is 24.5 Å². The standard InChI is InChI=1S/C18H23NO5S/c1-22-15-8-6-14(7-9-15)5-4-12-19-25(20,21)16-10-11-17(23-2)18(13-16)24-3/h6-11,13,19H,4-5,12H2,1-3H3. The number of benzene rings is 2. The predicted octanol–water partition coefficient (Wildman–Crippen LogP) is 2.62. The first-order valence-electron chi connectivity index (χ1n) is 7.85. The fraction of sp³-hybridized carbons (Fsp3) is 0.333. The summed E-state index contributed by atoms with van der Waals surface area (Å²) in [7, 11) is 1.01. The molecule has 0 aromatic heterocycles. The molecule has 0 aliphatic carbocycles. The van der Waals surface area contributed by atoms with Crippen molar-refractivity contribution in [2.45, 2.75) is 17.7 Å². The average molecular weight is 365 g/mol. The van der Waals surface area contributed by atoms with Crippen LogP contribution in [0.15, 0.2) is 47.4 Å². The normalized spacial score (nSPS) is 11.2. The Morgan fingerprint density at radius 2 is 1.56 bits per heavy atom. The second kappa shape index (κ2) is 8.73. The summed E-state index contributed by atoms with van der Waals surface area (Å²) in [6.07, 6.45) is 1.47. The van der Waals surface area contributed by atoms with Crippen LogP contribution in [0.2, 0.25) is 0 Å². The fourth-order valence-corrected chi connectivity index (χ4v) is 3.45. The Balaban J connectivity index is 1.92. The Labute approximate surface area is 148 Å². The van der Waals surface area contributed by atoms with Crippen LogP contribution in [-0.2, 0) is 16.4 Å². The van der Waals surface area contributed by atoms with E-state index in [9.17, 15) is 8.42 Å². The molecule has 0 aliphatic rings. The van der Waals surface area contributed by atoms with Crippen molar-refractivity contribution in [3.63, 3.8) is 0 Å². The van der Waals surface area contributed by atoms with Crippen molar-refractivity contribution in [1.82, 2.24) is 4.72 Å². The van der Waals surface area contributed by atoms with E-state index in [-0.39, 0.29) is 4.90 Å². The minimum Gasteiger partial charge on any atom is -0.497 e. The molecule has 0 heterocycles. The molecule has 7 heteroatoms. The lowest BCUT2D eigenvalue weighted by Gasteiger charge is -2.11. The van der Waals surface area contributed by atoms with Crippen LogP contribution >= 0.6 is 0 Å². The summed E-state index contributed by atoms with van der Waals surface area (Å²) in [6.45, 7) is 0.350. The number of sulfonamides is 1. The molecule has 2 aromatic carbocycles. The lowest BCUT2D eigenvalue weighted by molar-refractivity contribution is 0.354.